The number of hydrogen-bond donors (Lipinski definition) is 1. The molecule has 2 rings (SSSR count). The van der Waals surface area contributed by atoms with Crippen LogP contribution in [0, 0.1) is 0 Å². The van der Waals surface area contributed by atoms with Crippen molar-refractivity contribution in [3.05, 3.63) is 84.4 Å². The van der Waals surface area contributed by atoms with Gasteiger partial charge in [-0.1, -0.05) is 50.3 Å². The second-order valence-electron chi connectivity index (χ2n) is 6.36. The number of carbonyl (C=O) groups excluding carboxylic acids is 2. The van der Waals surface area contributed by atoms with Gasteiger partial charge in [0.2, 0.25) is 0 Å². The number of pyridine rings is 1. The van der Waals surface area contributed by atoms with Gasteiger partial charge in [0.25, 0.3) is 5.91 Å². The molecule has 0 radical (unpaired) electrons. The molecule has 0 spiro atoms. The van der Waals surface area contributed by atoms with Gasteiger partial charge in [0, 0.05) is 29.4 Å². The third-order valence-electron chi connectivity index (χ3n) is 4.31. The number of allylic oxidation sites excluding steroid dienone is 4. The molecule has 0 saturated carbocycles. The summed E-state index contributed by atoms with van der Waals surface area (Å²) >= 11 is 0. The van der Waals surface area contributed by atoms with E-state index in [4.69, 9.17) is 4.74 Å². The lowest BCUT2D eigenvalue weighted by Crippen LogP contribution is -2.24. The third-order valence-corrected chi connectivity index (χ3v) is 4.31. The van der Waals surface area contributed by atoms with Gasteiger partial charge in [0.15, 0.2) is 0 Å². The van der Waals surface area contributed by atoms with E-state index in [1.807, 2.05) is 24.3 Å². The highest BCUT2D eigenvalue weighted by atomic mass is 16.5. The topological polar surface area (TPSA) is 68.3 Å². The minimum absolute atomic E-state index is 0.160. The summed E-state index contributed by atoms with van der Waals surface area (Å²) in [5.74, 6) is -0.160. The Balaban J connectivity index is 2.52. The first-order valence-corrected chi connectivity index (χ1v) is 9.50. The minimum Gasteiger partial charge on any atom is -0.504 e. The van der Waals surface area contributed by atoms with Crippen LogP contribution in [0.25, 0.3) is 16.7 Å². The van der Waals surface area contributed by atoms with Crippen molar-refractivity contribution in [2.45, 2.75) is 19.8 Å². The first kappa shape index (κ1) is 21.8. The molecule has 5 heteroatoms. The molecule has 1 aromatic heterocycles. The van der Waals surface area contributed by atoms with Crippen molar-refractivity contribution in [2.24, 2.45) is 0 Å². The Morgan fingerprint density at radius 1 is 1.28 bits per heavy atom. The molecule has 0 saturated heterocycles. The van der Waals surface area contributed by atoms with Crippen LogP contribution in [-0.4, -0.2) is 30.8 Å². The van der Waals surface area contributed by atoms with Gasteiger partial charge in [0.05, 0.1) is 24.6 Å². The average molecular weight is 390 g/mol. The van der Waals surface area contributed by atoms with Crippen LogP contribution < -0.4 is 5.32 Å². The maximum Gasteiger partial charge on any atom is 0.252 e. The summed E-state index contributed by atoms with van der Waals surface area (Å²) in [6.45, 7) is 6.58. The monoisotopic (exact) mass is 390 g/mol. The molecule has 0 atom stereocenters. The molecule has 1 aromatic carbocycles. The fraction of sp³-hybridized carbons (Fsp3) is 0.208. The number of aldehydes is 1. The Hall–Kier alpha value is -3.47. The van der Waals surface area contributed by atoms with Crippen molar-refractivity contribution < 1.29 is 14.3 Å². The van der Waals surface area contributed by atoms with Gasteiger partial charge in [0.1, 0.15) is 6.29 Å². The van der Waals surface area contributed by atoms with E-state index in [9.17, 15) is 9.59 Å². The van der Waals surface area contributed by atoms with Gasteiger partial charge in [-0.15, -0.1) is 0 Å². The molecule has 1 amide bonds. The Labute approximate surface area is 171 Å². The number of nitrogens with one attached hydrogen (secondary N) is 1. The molecule has 0 aliphatic rings. The zero-order valence-corrected chi connectivity index (χ0v) is 16.9. The Morgan fingerprint density at radius 3 is 2.66 bits per heavy atom. The highest BCUT2D eigenvalue weighted by Gasteiger charge is 2.14. The Morgan fingerprint density at radius 2 is 2.03 bits per heavy atom. The molecule has 1 heterocycles. The van der Waals surface area contributed by atoms with Gasteiger partial charge < -0.3 is 10.1 Å². The van der Waals surface area contributed by atoms with Crippen LogP contribution in [0.2, 0.25) is 0 Å². The summed E-state index contributed by atoms with van der Waals surface area (Å²) in [5, 5.41) is 2.91. The summed E-state index contributed by atoms with van der Waals surface area (Å²) in [6.07, 6.45) is 11.1. The summed E-state index contributed by atoms with van der Waals surface area (Å²) in [5.41, 5.74) is 4.16. The molecule has 5 nitrogen and oxygen atoms in total. The molecule has 150 valence electrons. The van der Waals surface area contributed by atoms with Crippen LogP contribution in [0.15, 0.2) is 67.6 Å². The molecule has 0 bridgehead atoms. The van der Waals surface area contributed by atoms with Crippen LogP contribution >= 0.6 is 0 Å². The van der Waals surface area contributed by atoms with E-state index in [2.05, 4.69) is 23.8 Å². The third kappa shape index (κ3) is 6.01. The zero-order valence-electron chi connectivity index (χ0n) is 16.9. The fourth-order valence-corrected chi connectivity index (χ4v) is 2.73. The van der Waals surface area contributed by atoms with Gasteiger partial charge in [-0.05, 0) is 30.2 Å². The van der Waals surface area contributed by atoms with Crippen LogP contribution in [0.5, 0.6) is 0 Å². The van der Waals surface area contributed by atoms with Gasteiger partial charge >= 0.3 is 0 Å². The summed E-state index contributed by atoms with van der Waals surface area (Å²) in [4.78, 5) is 28.0. The number of hydrogen-bond acceptors (Lipinski definition) is 4. The average Bonchev–Trinajstić information content (AvgIpc) is 2.77. The van der Waals surface area contributed by atoms with Crippen LogP contribution in [0.4, 0.5) is 0 Å². The van der Waals surface area contributed by atoms with E-state index in [0.717, 1.165) is 35.8 Å². The number of nitrogens with zero attached hydrogens (tertiary/aromatic N) is 1. The number of carbonyl (C=O) groups is 2. The van der Waals surface area contributed by atoms with Crippen molar-refractivity contribution in [1.82, 2.24) is 10.3 Å². The highest BCUT2D eigenvalue weighted by molar-refractivity contribution is 5.96. The first-order valence-electron chi connectivity index (χ1n) is 9.50. The van der Waals surface area contributed by atoms with E-state index >= 15 is 0 Å². The first-order chi connectivity index (χ1) is 14.1. The van der Waals surface area contributed by atoms with Gasteiger partial charge in [-0.25, -0.2) is 0 Å². The number of rotatable bonds is 10. The maximum atomic E-state index is 12.5. The second-order valence-corrected chi connectivity index (χ2v) is 6.36. The van der Waals surface area contributed by atoms with Crippen molar-refractivity contribution in [3.63, 3.8) is 0 Å². The maximum absolute atomic E-state index is 12.5. The predicted molar refractivity (Wildman–Crippen MR) is 117 cm³/mol. The molecular weight excluding hydrogens is 364 g/mol. The van der Waals surface area contributed by atoms with Crippen LogP contribution in [-0.2, 0) is 4.74 Å². The smallest absolute Gasteiger partial charge is 0.252 e. The summed E-state index contributed by atoms with van der Waals surface area (Å²) in [7, 11) is 1.57. The van der Waals surface area contributed by atoms with Gasteiger partial charge in [-0.2, -0.15) is 0 Å². The lowest BCUT2D eigenvalue weighted by atomic mass is 9.96. The Kier molecular flexibility index (Phi) is 8.57. The Bertz CT molecular complexity index is 912. The van der Waals surface area contributed by atoms with Crippen molar-refractivity contribution in [2.75, 3.05) is 13.7 Å². The predicted octanol–water partition coefficient (Wildman–Crippen LogP) is 4.82. The summed E-state index contributed by atoms with van der Waals surface area (Å²) in [6, 6.07) is 8.98. The molecule has 0 fully saturated rings. The number of methoxy groups -OCH3 is 1. The SMILES string of the molecule is C=C/C(=C\C=C\OC)c1ncc(C(=O)NCCCC)cc1-c1ccc(C=O)cc1. The molecule has 0 aliphatic carbocycles. The standard InChI is InChI=1S/C24H26N2O3/c1-4-6-13-25-24(28)21-15-22(20-11-9-18(17-27)10-12-20)23(26-16-21)19(5-2)8-7-14-29-3/h5,7-12,14-17H,2,4,6,13H2,1,3H3,(H,25,28)/b14-7+,19-8+. The summed E-state index contributed by atoms with van der Waals surface area (Å²) < 4.78 is 4.94. The lowest BCUT2D eigenvalue weighted by molar-refractivity contribution is 0.0952. The minimum atomic E-state index is -0.160. The number of benzene rings is 1. The number of ether oxygens (including phenoxy) is 1. The van der Waals surface area contributed by atoms with Crippen molar-refractivity contribution in [3.8, 4) is 11.1 Å². The largest absolute Gasteiger partial charge is 0.504 e. The molecule has 0 unspecified atom stereocenters. The second kappa shape index (κ2) is 11.4. The van der Waals surface area contributed by atoms with E-state index in [1.165, 1.54) is 0 Å². The van der Waals surface area contributed by atoms with E-state index < -0.39 is 0 Å². The molecular formula is C24H26N2O3. The van der Waals surface area contributed by atoms with Crippen LogP contribution in [0.3, 0.4) is 0 Å². The van der Waals surface area contributed by atoms with Crippen molar-refractivity contribution in [1.29, 1.82) is 0 Å². The number of unbranched alkanes of at least 4 members (excludes halogenated alkanes) is 1. The fourth-order valence-electron chi connectivity index (χ4n) is 2.73. The zero-order chi connectivity index (χ0) is 21.1. The molecule has 0 aliphatic heterocycles. The highest BCUT2D eigenvalue weighted by Crippen LogP contribution is 2.29. The molecule has 29 heavy (non-hydrogen) atoms. The van der Waals surface area contributed by atoms with E-state index in [-0.39, 0.29) is 5.91 Å². The quantitative estimate of drug-likeness (QED) is 0.273. The number of amides is 1. The lowest BCUT2D eigenvalue weighted by Gasteiger charge is -2.12. The molecule has 2 aromatic rings. The van der Waals surface area contributed by atoms with Crippen LogP contribution in [0.1, 0.15) is 46.2 Å². The van der Waals surface area contributed by atoms with Crippen molar-refractivity contribution >= 4 is 17.8 Å². The van der Waals surface area contributed by atoms with E-state index in [0.29, 0.717) is 23.4 Å². The number of aromatic nitrogens is 1. The van der Waals surface area contributed by atoms with Gasteiger partial charge in [-0.3, -0.25) is 14.6 Å². The van der Waals surface area contributed by atoms with E-state index in [1.54, 1.807) is 43.9 Å². The molecule has 1 N–H and O–H groups in total. The normalized spacial score (nSPS) is 11.3.